The molecule has 18 heteroatoms. The summed E-state index contributed by atoms with van der Waals surface area (Å²) in [5.41, 5.74) is 2.06. The molecule has 0 heterocycles. The number of carboxylic acids is 1. The smallest absolute Gasteiger partial charge is 0.325 e. The lowest BCUT2D eigenvalue weighted by atomic mass is 10.1. The van der Waals surface area contributed by atoms with Gasteiger partial charge in [0.2, 0.25) is 31.9 Å². The Hall–Kier alpha value is -4.26. The SMILES string of the molecule is COC(=O)CN(C)C(=O)CN(C)S(=O)(=O)c1c(C)cc(OC)cc1C.COc1cc(C)c(S(=O)(=O)N(C)CC(=O)N(C)CC(=O)O)c(C)c1. The van der Waals surface area contributed by atoms with E-state index >= 15 is 0 Å². The molecule has 0 saturated carbocycles. The summed E-state index contributed by atoms with van der Waals surface area (Å²) in [6, 6.07) is 6.45. The maximum Gasteiger partial charge on any atom is 0.325 e. The number of methoxy groups -OCH3 is 3. The number of nitrogens with zero attached hydrogens (tertiary/aromatic N) is 4. The van der Waals surface area contributed by atoms with Crippen molar-refractivity contribution in [3.05, 3.63) is 46.5 Å². The van der Waals surface area contributed by atoms with Gasteiger partial charge in [0.05, 0.1) is 44.2 Å². The summed E-state index contributed by atoms with van der Waals surface area (Å²) in [5.74, 6) is -1.76. The van der Waals surface area contributed by atoms with Crippen LogP contribution in [0.3, 0.4) is 0 Å². The van der Waals surface area contributed by atoms with Crippen LogP contribution in [0.2, 0.25) is 0 Å². The van der Waals surface area contributed by atoms with Crippen LogP contribution in [0.25, 0.3) is 0 Å². The standard InChI is InChI=1S/C16H24N2O6S.C15H22N2O6S/c1-11-7-13(23-5)8-12(2)16(11)25(21,22)18(4)9-14(19)17(3)10-15(20)24-6;1-10-6-12(23-5)7-11(2)15(10)24(21,22)17(4)8-13(18)16(3)9-14(19)20/h7-8H,9-10H2,1-6H3;6-7H,8-9H2,1-5H3,(H,19,20). The van der Waals surface area contributed by atoms with E-state index in [9.17, 15) is 36.0 Å². The Kier molecular flexibility index (Phi) is 15.7. The second-order valence-corrected chi connectivity index (χ2v) is 15.1. The van der Waals surface area contributed by atoms with Crippen molar-refractivity contribution >= 4 is 43.8 Å². The minimum absolute atomic E-state index is 0.111. The van der Waals surface area contributed by atoms with Gasteiger partial charge in [-0.15, -0.1) is 0 Å². The maximum absolute atomic E-state index is 12.8. The molecule has 0 aromatic heterocycles. The van der Waals surface area contributed by atoms with Crippen LogP contribution in [-0.4, -0.2) is 140 Å². The highest BCUT2D eigenvalue weighted by Gasteiger charge is 2.29. The Morgan fingerprint density at radius 1 is 0.592 bits per heavy atom. The lowest BCUT2D eigenvalue weighted by Gasteiger charge is -2.23. The highest BCUT2D eigenvalue weighted by atomic mass is 32.2. The zero-order valence-corrected chi connectivity index (χ0v) is 31.3. The third-order valence-electron chi connectivity index (χ3n) is 7.21. The lowest BCUT2D eigenvalue weighted by Crippen LogP contribution is -2.41. The monoisotopic (exact) mass is 730 g/mol. The predicted octanol–water partition coefficient (Wildman–Crippen LogP) is 1.04. The molecule has 16 nitrogen and oxygen atoms in total. The second kappa shape index (κ2) is 17.9. The van der Waals surface area contributed by atoms with Gasteiger partial charge in [-0.25, -0.2) is 16.8 Å². The summed E-state index contributed by atoms with van der Waals surface area (Å²) in [6.07, 6.45) is 0. The largest absolute Gasteiger partial charge is 0.497 e. The van der Waals surface area contributed by atoms with Crippen molar-refractivity contribution < 1.29 is 55.3 Å². The van der Waals surface area contributed by atoms with Crippen molar-refractivity contribution in [2.75, 3.05) is 75.7 Å². The molecule has 2 rings (SSSR count). The molecule has 0 aliphatic rings. The van der Waals surface area contributed by atoms with Gasteiger partial charge >= 0.3 is 11.9 Å². The van der Waals surface area contributed by atoms with Gasteiger partial charge in [-0.05, 0) is 74.2 Å². The van der Waals surface area contributed by atoms with Gasteiger partial charge in [0.25, 0.3) is 0 Å². The van der Waals surface area contributed by atoms with Crippen LogP contribution < -0.4 is 9.47 Å². The summed E-state index contributed by atoms with van der Waals surface area (Å²) < 4.78 is 67.8. The summed E-state index contributed by atoms with van der Waals surface area (Å²) >= 11 is 0. The average Bonchev–Trinajstić information content (AvgIpc) is 2.99. The van der Waals surface area contributed by atoms with Gasteiger partial charge in [-0.3, -0.25) is 19.2 Å². The topological polar surface area (TPSA) is 197 Å². The number of carboxylic acid groups (broad SMARTS) is 1. The first-order valence-electron chi connectivity index (χ1n) is 14.5. The number of esters is 1. The van der Waals surface area contributed by atoms with Crippen LogP contribution in [0.1, 0.15) is 22.3 Å². The first-order valence-corrected chi connectivity index (χ1v) is 17.4. The Labute approximate surface area is 288 Å². The fourth-order valence-corrected chi connectivity index (χ4v) is 7.66. The van der Waals surface area contributed by atoms with Crippen molar-refractivity contribution in [3.8, 4) is 11.5 Å². The third kappa shape index (κ3) is 11.4. The quantitative estimate of drug-likeness (QED) is 0.272. The van der Waals surface area contributed by atoms with Crippen molar-refractivity contribution in [1.29, 1.82) is 0 Å². The van der Waals surface area contributed by atoms with Crippen LogP contribution in [0.4, 0.5) is 0 Å². The van der Waals surface area contributed by atoms with E-state index in [1.54, 1.807) is 52.0 Å². The molecule has 0 bridgehead atoms. The van der Waals surface area contributed by atoms with E-state index < -0.39 is 56.9 Å². The summed E-state index contributed by atoms with van der Waals surface area (Å²) in [4.78, 5) is 48.3. The van der Waals surface area contributed by atoms with Gasteiger partial charge in [0.15, 0.2) is 0 Å². The van der Waals surface area contributed by atoms with E-state index in [2.05, 4.69) is 4.74 Å². The lowest BCUT2D eigenvalue weighted by molar-refractivity contribution is -0.146. The number of carbonyl (C=O) groups is 4. The minimum atomic E-state index is -3.90. The van der Waals surface area contributed by atoms with Crippen LogP contribution in [0.15, 0.2) is 34.1 Å². The normalized spacial score (nSPS) is 11.4. The van der Waals surface area contributed by atoms with E-state index in [4.69, 9.17) is 14.6 Å². The molecule has 0 radical (unpaired) electrons. The number of ether oxygens (including phenoxy) is 3. The van der Waals surface area contributed by atoms with Gasteiger partial charge in [0.1, 0.15) is 24.6 Å². The Morgan fingerprint density at radius 2 is 0.898 bits per heavy atom. The Balaban J connectivity index is 0.000000490. The van der Waals surface area contributed by atoms with Crippen LogP contribution >= 0.6 is 0 Å². The molecular weight excluding hydrogens is 684 g/mol. The number of sulfonamides is 2. The van der Waals surface area contributed by atoms with Crippen LogP contribution in [-0.2, 0) is 44.0 Å². The average molecular weight is 731 g/mol. The summed E-state index contributed by atoms with van der Waals surface area (Å²) in [6.45, 7) is 5.06. The molecule has 2 amide bonds. The number of likely N-dealkylation sites (N-methyl/N-ethyl adjacent to an activating group) is 4. The number of carbonyl (C=O) groups excluding carboxylic acids is 3. The van der Waals surface area contributed by atoms with Crippen molar-refractivity contribution in [1.82, 2.24) is 18.4 Å². The van der Waals surface area contributed by atoms with Gasteiger partial charge in [-0.2, -0.15) is 8.61 Å². The minimum Gasteiger partial charge on any atom is -0.497 e. The maximum atomic E-state index is 12.8. The number of aliphatic carboxylic acids is 1. The number of amides is 2. The zero-order valence-electron chi connectivity index (χ0n) is 29.7. The zero-order chi connectivity index (χ0) is 38.0. The molecule has 0 spiro atoms. The highest BCUT2D eigenvalue weighted by Crippen LogP contribution is 2.29. The number of rotatable bonds is 14. The van der Waals surface area contributed by atoms with E-state index in [0.29, 0.717) is 33.8 Å². The molecule has 2 aromatic rings. The van der Waals surface area contributed by atoms with Gasteiger partial charge < -0.3 is 29.1 Å². The fourth-order valence-electron chi connectivity index (χ4n) is 4.61. The summed E-state index contributed by atoms with van der Waals surface area (Å²) in [5, 5.41) is 8.69. The number of aryl methyl sites for hydroxylation is 4. The number of benzene rings is 2. The van der Waals surface area contributed by atoms with Gasteiger partial charge in [-0.1, -0.05) is 0 Å². The second-order valence-electron chi connectivity index (χ2n) is 11.2. The number of hydrogen-bond acceptors (Lipinski definition) is 11. The fraction of sp³-hybridized carbons (Fsp3) is 0.484. The first kappa shape index (κ1) is 42.8. The van der Waals surface area contributed by atoms with Crippen molar-refractivity contribution in [3.63, 3.8) is 0 Å². The molecule has 1 N–H and O–H groups in total. The molecule has 274 valence electrons. The van der Waals surface area contributed by atoms with E-state index in [-0.39, 0.29) is 22.9 Å². The molecule has 2 aromatic carbocycles. The third-order valence-corrected chi connectivity index (χ3v) is 11.4. The molecule has 0 aliphatic carbocycles. The van der Waals surface area contributed by atoms with Crippen molar-refractivity contribution in [2.45, 2.75) is 37.5 Å². The van der Waals surface area contributed by atoms with E-state index in [0.717, 1.165) is 18.4 Å². The summed E-state index contributed by atoms with van der Waals surface area (Å²) in [7, 11) is 1.75. The Bertz CT molecular complexity index is 1720. The van der Waals surface area contributed by atoms with Crippen LogP contribution in [0, 0.1) is 27.7 Å². The molecule has 0 saturated heterocycles. The molecule has 0 fully saturated rings. The highest BCUT2D eigenvalue weighted by molar-refractivity contribution is 7.89. The van der Waals surface area contributed by atoms with Gasteiger partial charge in [0, 0.05) is 28.2 Å². The molecular formula is C31H46N4O12S2. The van der Waals surface area contributed by atoms with E-state index in [1.165, 1.54) is 49.5 Å². The molecule has 0 atom stereocenters. The van der Waals surface area contributed by atoms with E-state index in [1.807, 2.05) is 0 Å². The van der Waals surface area contributed by atoms with Crippen molar-refractivity contribution in [2.24, 2.45) is 0 Å². The first-order chi connectivity index (χ1) is 22.5. The number of hydrogen-bond donors (Lipinski definition) is 1. The van der Waals surface area contributed by atoms with Crippen LogP contribution in [0.5, 0.6) is 11.5 Å². The molecule has 49 heavy (non-hydrogen) atoms. The predicted molar refractivity (Wildman–Crippen MR) is 179 cm³/mol. The Morgan fingerprint density at radius 3 is 1.16 bits per heavy atom. The molecule has 0 unspecified atom stereocenters. The molecule has 0 aliphatic heterocycles.